The molecule has 98 valence electrons. The molecule has 1 atom stereocenters. The summed E-state index contributed by atoms with van der Waals surface area (Å²) >= 11 is 5.75. The zero-order valence-corrected chi connectivity index (χ0v) is 10.3. The minimum Gasteiger partial charge on any atom is -0.408 e. The maximum atomic E-state index is 12.4. The Kier molecular flexibility index (Phi) is 3.29. The normalized spacial score (nSPS) is 23.7. The first-order valence-electron chi connectivity index (χ1n) is 5.24. The van der Waals surface area contributed by atoms with Gasteiger partial charge in [-0.05, 0) is 25.1 Å². The third-order valence-electron chi connectivity index (χ3n) is 2.62. The number of benzene rings is 1. The summed E-state index contributed by atoms with van der Waals surface area (Å²) in [6.45, 7) is 1.83. The molecule has 1 aromatic carbocycles. The summed E-state index contributed by atoms with van der Waals surface area (Å²) in [4.78, 5) is 5.22. The van der Waals surface area contributed by atoms with E-state index in [9.17, 15) is 13.2 Å². The molecule has 2 nitrogen and oxygen atoms in total. The van der Waals surface area contributed by atoms with Crippen molar-refractivity contribution in [2.45, 2.75) is 18.6 Å². The van der Waals surface area contributed by atoms with Crippen LogP contribution in [0, 0.1) is 0 Å². The Labute approximate surface area is 107 Å². The highest BCUT2D eigenvalue weighted by Crippen LogP contribution is 2.31. The Morgan fingerprint density at radius 1 is 1.28 bits per heavy atom. The third-order valence-corrected chi connectivity index (χ3v) is 3.17. The monoisotopic (exact) mass is 277 g/mol. The molecular formula is C12H11ClF3NO. The largest absolute Gasteiger partial charge is 0.416 e. The molecule has 1 N–H and O–H groups in total. The van der Waals surface area contributed by atoms with Gasteiger partial charge in [-0.25, -0.2) is 0 Å². The summed E-state index contributed by atoms with van der Waals surface area (Å²) in [6.07, 6.45) is -2.57. The fraction of sp³-hybridized carbons (Fsp3) is 0.333. The fourth-order valence-electron chi connectivity index (χ4n) is 1.55. The van der Waals surface area contributed by atoms with E-state index in [-0.39, 0.29) is 0 Å². The molecule has 0 aromatic heterocycles. The molecule has 0 radical (unpaired) electrons. The summed E-state index contributed by atoms with van der Waals surface area (Å²) < 4.78 is 37.2. The lowest BCUT2D eigenvalue weighted by Crippen LogP contribution is -2.37. The Hall–Kier alpha value is -1.20. The van der Waals surface area contributed by atoms with Gasteiger partial charge in [-0.1, -0.05) is 12.1 Å². The Morgan fingerprint density at radius 2 is 1.89 bits per heavy atom. The van der Waals surface area contributed by atoms with Crippen molar-refractivity contribution >= 4 is 17.4 Å². The third kappa shape index (κ3) is 2.62. The van der Waals surface area contributed by atoms with Gasteiger partial charge < -0.3 is 4.84 Å². The topological polar surface area (TPSA) is 21.3 Å². The lowest BCUT2D eigenvalue weighted by atomic mass is 10.0. The number of alkyl halides is 4. The number of hydroxylamine groups is 1. The van der Waals surface area contributed by atoms with Crippen molar-refractivity contribution in [2.24, 2.45) is 0 Å². The summed E-state index contributed by atoms with van der Waals surface area (Å²) in [5.41, 5.74) is 2.12. The van der Waals surface area contributed by atoms with E-state index in [1.54, 1.807) is 6.08 Å². The lowest BCUT2D eigenvalue weighted by molar-refractivity contribution is -0.137. The molecule has 1 aliphatic heterocycles. The Morgan fingerprint density at radius 3 is 2.33 bits per heavy atom. The first-order chi connectivity index (χ1) is 8.34. The number of nitrogens with one attached hydrogen (secondary N) is 1. The van der Waals surface area contributed by atoms with Crippen LogP contribution in [-0.4, -0.2) is 11.4 Å². The van der Waals surface area contributed by atoms with Crippen LogP contribution in [0.1, 0.15) is 18.1 Å². The van der Waals surface area contributed by atoms with E-state index in [2.05, 4.69) is 5.48 Å². The van der Waals surface area contributed by atoms with E-state index >= 15 is 0 Å². The van der Waals surface area contributed by atoms with Crippen molar-refractivity contribution in [3.63, 3.8) is 0 Å². The second-order valence-corrected chi connectivity index (χ2v) is 4.61. The molecule has 1 heterocycles. The van der Waals surface area contributed by atoms with Crippen LogP contribution in [0.3, 0.4) is 0 Å². The van der Waals surface area contributed by atoms with Gasteiger partial charge >= 0.3 is 6.18 Å². The van der Waals surface area contributed by atoms with Gasteiger partial charge in [0.2, 0.25) is 0 Å². The first kappa shape index (κ1) is 13.2. The lowest BCUT2D eigenvalue weighted by Gasteiger charge is -2.15. The zero-order valence-electron chi connectivity index (χ0n) is 9.51. The SMILES string of the molecule is CC1(CCl)C=C(c2ccc(C(F)(F)F)cc2)ON1. The summed E-state index contributed by atoms with van der Waals surface area (Å²) in [7, 11) is 0. The molecule has 0 saturated carbocycles. The molecule has 1 aliphatic rings. The van der Waals surface area contributed by atoms with E-state index < -0.39 is 17.3 Å². The maximum absolute atomic E-state index is 12.4. The van der Waals surface area contributed by atoms with Gasteiger partial charge in [-0.3, -0.25) is 0 Å². The molecule has 0 amide bonds. The van der Waals surface area contributed by atoms with E-state index in [0.717, 1.165) is 12.1 Å². The van der Waals surface area contributed by atoms with E-state index in [0.29, 0.717) is 17.2 Å². The zero-order chi connectivity index (χ0) is 13.4. The smallest absolute Gasteiger partial charge is 0.408 e. The minimum atomic E-state index is -4.33. The van der Waals surface area contributed by atoms with Gasteiger partial charge in [-0.15, -0.1) is 17.1 Å². The van der Waals surface area contributed by atoms with E-state index in [4.69, 9.17) is 16.4 Å². The average molecular weight is 278 g/mol. The maximum Gasteiger partial charge on any atom is 0.416 e. The van der Waals surface area contributed by atoms with Gasteiger partial charge in [0.05, 0.1) is 11.1 Å². The summed E-state index contributed by atoms with van der Waals surface area (Å²) in [5.74, 6) is 0.781. The molecule has 0 saturated heterocycles. The van der Waals surface area contributed by atoms with Crippen molar-refractivity contribution in [1.82, 2.24) is 5.48 Å². The standard InChI is InChI=1S/C12H11ClF3NO/c1-11(7-13)6-10(18-17-11)8-2-4-9(5-3-8)12(14,15)16/h2-6,17H,7H2,1H3. The quantitative estimate of drug-likeness (QED) is 0.835. The van der Waals surface area contributed by atoms with E-state index in [1.807, 2.05) is 6.92 Å². The molecule has 1 unspecified atom stereocenters. The van der Waals surface area contributed by atoms with Crippen molar-refractivity contribution < 1.29 is 18.0 Å². The average Bonchev–Trinajstić information content (AvgIpc) is 2.72. The molecule has 1 aromatic rings. The van der Waals surface area contributed by atoms with Crippen LogP contribution < -0.4 is 5.48 Å². The molecule has 2 rings (SSSR count). The van der Waals surface area contributed by atoms with Gasteiger partial charge in [0, 0.05) is 11.4 Å². The van der Waals surface area contributed by atoms with Crippen LogP contribution in [0.15, 0.2) is 30.3 Å². The van der Waals surface area contributed by atoms with Gasteiger partial charge in [0.15, 0.2) is 5.76 Å². The highest BCUT2D eigenvalue weighted by Gasteiger charge is 2.32. The van der Waals surface area contributed by atoms with Crippen molar-refractivity contribution in [2.75, 3.05) is 5.88 Å². The van der Waals surface area contributed by atoms with Gasteiger partial charge in [-0.2, -0.15) is 13.2 Å². The second-order valence-electron chi connectivity index (χ2n) is 4.34. The molecule has 18 heavy (non-hydrogen) atoms. The fourth-order valence-corrected chi connectivity index (χ4v) is 1.68. The van der Waals surface area contributed by atoms with Crippen molar-refractivity contribution in [3.8, 4) is 0 Å². The van der Waals surface area contributed by atoms with Crippen LogP contribution >= 0.6 is 11.6 Å². The molecule has 0 spiro atoms. The van der Waals surface area contributed by atoms with Crippen LogP contribution in [0.5, 0.6) is 0 Å². The van der Waals surface area contributed by atoms with Gasteiger partial charge in [0.1, 0.15) is 0 Å². The molecule has 0 fully saturated rings. The molecule has 0 aliphatic carbocycles. The minimum absolute atomic E-state index is 0.303. The predicted molar refractivity (Wildman–Crippen MR) is 62.8 cm³/mol. The number of halogens is 4. The predicted octanol–water partition coefficient (Wildman–Crippen LogP) is 3.58. The summed E-state index contributed by atoms with van der Waals surface area (Å²) in [5, 5.41) is 0. The Bertz CT molecular complexity index is 469. The van der Waals surface area contributed by atoms with Crippen molar-refractivity contribution in [1.29, 1.82) is 0 Å². The molecule has 6 heteroatoms. The number of rotatable bonds is 2. The highest BCUT2D eigenvalue weighted by molar-refractivity contribution is 6.18. The summed E-state index contributed by atoms with van der Waals surface area (Å²) in [6, 6.07) is 4.79. The molecular weight excluding hydrogens is 267 g/mol. The first-order valence-corrected chi connectivity index (χ1v) is 5.78. The number of hydrogen-bond donors (Lipinski definition) is 1. The van der Waals surface area contributed by atoms with Crippen molar-refractivity contribution in [3.05, 3.63) is 41.5 Å². The number of hydrogen-bond acceptors (Lipinski definition) is 2. The van der Waals surface area contributed by atoms with Crippen LogP contribution in [0.4, 0.5) is 13.2 Å². The van der Waals surface area contributed by atoms with Crippen LogP contribution in [-0.2, 0) is 11.0 Å². The van der Waals surface area contributed by atoms with Crippen LogP contribution in [0.25, 0.3) is 5.76 Å². The highest BCUT2D eigenvalue weighted by atomic mass is 35.5. The molecule has 0 bridgehead atoms. The van der Waals surface area contributed by atoms with Crippen LogP contribution in [0.2, 0.25) is 0 Å². The Balaban J connectivity index is 2.24. The van der Waals surface area contributed by atoms with Gasteiger partial charge in [0.25, 0.3) is 0 Å². The second kappa shape index (κ2) is 4.48. The van der Waals surface area contributed by atoms with E-state index in [1.165, 1.54) is 12.1 Å².